The van der Waals surface area contributed by atoms with Crippen LogP contribution in [0.25, 0.3) is 11.1 Å². The summed E-state index contributed by atoms with van der Waals surface area (Å²) in [5.41, 5.74) is 5.69. The number of phenolic OH excluding ortho intramolecular Hbond substituents is 1. The molecule has 0 spiro atoms. The van der Waals surface area contributed by atoms with Crippen LogP contribution < -0.4 is 0 Å². The normalized spacial score (nSPS) is 21.5. The molecule has 4 heteroatoms. The van der Waals surface area contributed by atoms with Crippen LogP contribution in [0.1, 0.15) is 56.2 Å². The summed E-state index contributed by atoms with van der Waals surface area (Å²) in [6.07, 6.45) is 11.6. The third kappa shape index (κ3) is 5.88. The van der Waals surface area contributed by atoms with E-state index < -0.39 is 17.0 Å². The fraction of sp³-hybridized carbons (Fsp3) is 0.370. The molecule has 31 heavy (non-hydrogen) atoms. The number of hydrogen-bond acceptors (Lipinski definition) is 1. The summed E-state index contributed by atoms with van der Waals surface area (Å²) in [4.78, 5) is 0. The second kappa shape index (κ2) is 11.2. The number of allylic oxidation sites excluding steroid dienone is 4. The number of fused-ring (bicyclic) bond motifs is 1. The van der Waals surface area contributed by atoms with Crippen molar-refractivity contribution in [2.24, 2.45) is 11.8 Å². The molecule has 0 aliphatic heterocycles. The van der Waals surface area contributed by atoms with Gasteiger partial charge in [0.15, 0.2) is 0 Å². The van der Waals surface area contributed by atoms with Crippen LogP contribution in [-0.2, 0) is 22.4 Å². The van der Waals surface area contributed by atoms with Gasteiger partial charge in [-0.3, -0.25) is 0 Å². The first-order valence-corrected chi connectivity index (χ1v) is 14.8. The van der Waals surface area contributed by atoms with Gasteiger partial charge in [0, 0.05) is 11.1 Å². The summed E-state index contributed by atoms with van der Waals surface area (Å²) in [5.74, 6) is 2.19. The standard InChI is InChI=1S/C26H30O.CH3.2ClH.Ti/c1-17-15-23(25(27)24(16-17)26(2,3)4)21-12-8-7-11-20(21)22-14-13-18-9-5-6-10-19(18)22;;;;/h5-12,15-16,18-19,22,27H,13-14H2,1-4H3;1H3;2*1H;/q;-1;;;+2/p-2. The molecule has 3 atom stereocenters. The van der Waals surface area contributed by atoms with Crippen LogP contribution in [0.2, 0.25) is 0 Å². The van der Waals surface area contributed by atoms with Gasteiger partial charge in [-0.15, -0.1) is 0 Å². The summed E-state index contributed by atoms with van der Waals surface area (Å²) in [6, 6.07) is 13.0. The quantitative estimate of drug-likeness (QED) is 0.328. The molecule has 0 amide bonds. The van der Waals surface area contributed by atoms with Crippen LogP contribution in [0.5, 0.6) is 5.75 Å². The molecule has 3 unspecified atom stereocenters. The maximum atomic E-state index is 11.2. The Labute approximate surface area is 205 Å². The van der Waals surface area contributed by atoms with Crippen LogP contribution >= 0.6 is 18.6 Å². The fourth-order valence-corrected chi connectivity index (χ4v) is 4.94. The molecule has 2 aromatic carbocycles. The zero-order valence-electron chi connectivity index (χ0n) is 19.1. The van der Waals surface area contributed by atoms with Crippen molar-refractivity contribution < 1.29 is 22.1 Å². The van der Waals surface area contributed by atoms with Gasteiger partial charge in [0.1, 0.15) is 5.75 Å². The first-order chi connectivity index (χ1) is 14.3. The fourth-order valence-electron chi connectivity index (χ4n) is 4.94. The number of aryl methyl sites for hydroxylation is 1. The van der Waals surface area contributed by atoms with Crippen LogP contribution in [-0.4, -0.2) is 5.11 Å². The van der Waals surface area contributed by atoms with Crippen LogP contribution in [0.3, 0.4) is 0 Å². The average molecular weight is 492 g/mol. The Morgan fingerprint density at radius 1 is 0.968 bits per heavy atom. The van der Waals surface area contributed by atoms with Crippen LogP contribution in [0, 0.1) is 26.2 Å². The number of aromatic hydroxyl groups is 1. The molecule has 0 heterocycles. The second-order valence-corrected chi connectivity index (χ2v) is 11.9. The summed E-state index contributed by atoms with van der Waals surface area (Å²) < 4.78 is 0. The molecule has 2 aromatic rings. The first-order valence-electron chi connectivity index (χ1n) is 10.5. The molecule has 1 nitrogen and oxygen atoms in total. The van der Waals surface area contributed by atoms with Crippen molar-refractivity contribution >= 4 is 18.6 Å². The van der Waals surface area contributed by atoms with Crippen molar-refractivity contribution in [3.63, 3.8) is 0 Å². The van der Waals surface area contributed by atoms with Crippen molar-refractivity contribution in [2.75, 3.05) is 0 Å². The molecule has 1 fully saturated rings. The second-order valence-electron chi connectivity index (χ2n) is 9.31. The Hall–Kier alpha value is -0.986. The SMILES string of the molecule is Cc1cc(-c2ccccc2C2CCC3C=CC=CC32)c(O)c(C(C)(C)C)c1.[CH3-].[Cl][Ti][Cl]. The zero-order valence-corrected chi connectivity index (χ0v) is 22.2. The van der Waals surface area contributed by atoms with Gasteiger partial charge in [-0.1, -0.05) is 75.4 Å². The minimum atomic E-state index is -0.556. The van der Waals surface area contributed by atoms with E-state index >= 15 is 0 Å². The van der Waals surface area contributed by atoms with Gasteiger partial charge in [0.25, 0.3) is 0 Å². The Morgan fingerprint density at radius 3 is 2.29 bits per heavy atom. The van der Waals surface area contributed by atoms with E-state index in [0.717, 1.165) is 11.1 Å². The summed E-state index contributed by atoms with van der Waals surface area (Å²) in [5, 5.41) is 11.2. The van der Waals surface area contributed by atoms with Crippen molar-refractivity contribution in [3.05, 3.63) is 84.8 Å². The van der Waals surface area contributed by atoms with E-state index in [4.69, 9.17) is 18.6 Å². The van der Waals surface area contributed by atoms with Crippen molar-refractivity contribution in [3.8, 4) is 16.9 Å². The van der Waals surface area contributed by atoms with Gasteiger partial charge >= 0.3 is 35.6 Å². The van der Waals surface area contributed by atoms with Gasteiger partial charge < -0.3 is 12.5 Å². The van der Waals surface area contributed by atoms with Gasteiger partial charge in [0.2, 0.25) is 0 Å². The van der Waals surface area contributed by atoms with Gasteiger partial charge in [-0.25, -0.2) is 0 Å². The summed E-state index contributed by atoms with van der Waals surface area (Å²) in [6.45, 7) is 8.62. The molecular formula is C27H33Cl2OTi-. The van der Waals surface area contributed by atoms with Crippen LogP contribution in [0.4, 0.5) is 0 Å². The third-order valence-electron chi connectivity index (χ3n) is 6.29. The predicted octanol–water partition coefficient (Wildman–Crippen LogP) is 8.73. The summed E-state index contributed by atoms with van der Waals surface area (Å²) >= 11 is -0.556. The number of rotatable bonds is 2. The monoisotopic (exact) mass is 491 g/mol. The van der Waals surface area contributed by atoms with Crippen molar-refractivity contribution in [1.29, 1.82) is 0 Å². The van der Waals surface area contributed by atoms with E-state index in [0.29, 0.717) is 23.5 Å². The molecule has 4 rings (SSSR count). The van der Waals surface area contributed by atoms with Gasteiger partial charge in [0.05, 0.1) is 0 Å². The molecule has 0 radical (unpaired) electrons. The Balaban J connectivity index is 0.000000808. The van der Waals surface area contributed by atoms with Gasteiger partial charge in [-0.2, -0.15) is 0 Å². The molecule has 0 saturated heterocycles. The number of benzene rings is 2. The Morgan fingerprint density at radius 2 is 1.61 bits per heavy atom. The van der Waals surface area contributed by atoms with E-state index in [1.54, 1.807) is 0 Å². The Kier molecular flexibility index (Phi) is 9.52. The first kappa shape index (κ1) is 26.3. The van der Waals surface area contributed by atoms with E-state index in [9.17, 15) is 5.11 Å². The van der Waals surface area contributed by atoms with Crippen molar-refractivity contribution in [1.82, 2.24) is 0 Å². The van der Waals surface area contributed by atoms with Crippen LogP contribution in [0.15, 0.2) is 60.7 Å². The average Bonchev–Trinajstić information content (AvgIpc) is 3.13. The molecule has 1 saturated carbocycles. The molecule has 0 bridgehead atoms. The number of halogens is 2. The number of phenols is 1. The van der Waals surface area contributed by atoms with Crippen molar-refractivity contribution in [2.45, 2.75) is 51.9 Å². The molecule has 1 N–H and O–H groups in total. The molecule has 2 aliphatic carbocycles. The Bertz CT molecular complexity index is 943. The molecule has 0 aromatic heterocycles. The van der Waals surface area contributed by atoms with Gasteiger partial charge in [-0.05, 0) is 65.7 Å². The number of hydrogen-bond donors (Lipinski definition) is 1. The minimum absolute atomic E-state index is 0. The van der Waals surface area contributed by atoms with E-state index in [1.807, 2.05) is 0 Å². The predicted molar refractivity (Wildman–Crippen MR) is 132 cm³/mol. The zero-order chi connectivity index (χ0) is 21.9. The van der Waals surface area contributed by atoms with E-state index in [-0.39, 0.29) is 12.8 Å². The summed E-state index contributed by atoms with van der Waals surface area (Å²) in [7, 11) is 9.78. The topological polar surface area (TPSA) is 20.2 Å². The third-order valence-corrected chi connectivity index (χ3v) is 6.29. The van der Waals surface area contributed by atoms with E-state index in [1.165, 1.54) is 29.5 Å². The molecule has 2 aliphatic rings. The maximum absolute atomic E-state index is 11.2. The van der Waals surface area contributed by atoms with E-state index in [2.05, 4.69) is 88.4 Å². The molecule has 166 valence electrons. The molecular weight excluding hydrogens is 459 g/mol.